The van der Waals surface area contributed by atoms with Gasteiger partial charge in [0.2, 0.25) is 0 Å². The van der Waals surface area contributed by atoms with Crippen molar-refractivity contribution in [2.75, 3.05) is 24.9 Å². The average Bonchev–Trinajstić information content (AvgIpc) is 3.22. The van der Waals surface area contributed by atoms with E-state index in [1.54, 1.807) is 17.6 Å². The minimum atomic E-state index is 0.0283. The Labute approximate surface area is 213 Å². The summed E-state index contributed by atoms with van der Waals surface area (Å²) in [6.45, 7) is 8.17. The van der Waals surface area contributed by atoms with Crippen molar-refractivity contribution in [3.63, 3.8) is 0 Å². The molecule has 0 bridgehead atoms. The summed E-state index contributed by atoms with van der Waals surface area (Å²) in [6.07, 6.45) is 1.76. The normalized spacial score (nSPS) is 12.0. The fourth-order valence-corrected chi connectivity index (χ4v) is 5.46. The topological polar surface area (TPSA) is 54.9 Å². The number of aliphatic imine (C=N–C) groups is 1. The van der Waals surface area contributed by atoms with Gasteiger partial charge in [-0.3, -0.25) is 4.99 Å². The van der Waals surface area contributed by atoms with Crippen molar-refractivity contribution in [3.05, 3.63) is 67.8 Å². The first-order valence-corrected chi connectivity index (χ1v) is 12.0. The molecule has 0 aliphatic heterocycles. The molecule has 0 fully saturated rings. The molecule has 3 aromatic rings. The number of hydrogen-bond acceptors (Lipinski definition) is 6. The number of ether oxygens (including phenoxy) is 2. The number of para-hydroxylation sites is 1. The lowest BCUT2D eigenvalue weighted by atomic mass is 10.1. The maximum absolute atomic E-state index is 6.54. The third-order valence-corrected chi connectivity index (χ3v) is 7.07. The molecule has 0 saturated heterocycles. The van der Waals surface area contributed by atoms with Gasteiger partial charge in [0.15, 0.2) is 11.5 Å². The van der Waals surface area contributed by atoms with Gasteiger partial charge >= 0.3 is 0 Å². The van der Waals surface area contributed by atoms with Crippen LogP contribution in [0.3, 0.4) is 0 Å². The Morgan fingerprint density at radius 1 is 1.06 bits per heavy atom. The molecule has 9 heteroatoms. The number of nitrogens with zero attached hydrogens (tertiary/aromatic N) is 1. The first kappa shape index (κ1) is 25.2. The molecule has 1 atom stereocenters. The van der Waals surface area contributed by atoms with Crippen LogP contribution in [-0.2, 0) is 0 Å². The summed E-state index contributed by atoms with van der Waals surface area (Å²) in [6, 6.07) is 10.1. The predicted molar refractivity (Wildman–Crippen MR) is 144 cm³/mol. The minimum Gasteiger partial charge on any atom is -0.493 e. The summed E-state index contributed by atoms with van der Waals surface area (Å²) in [4.78, 5) is 5.69. The van der Waals surface area contributed by atoms with Crippen molar-refractivity contribution >= 4 is 75.1 Å². The smallest absolute Gasteiger partial charge is 0.162 e. The third-order valence-electron chi connectivity index (χ3n) is 4.85. The van der Waals surface area contributed by atoms with Crippen LogP contribution in [0.5, 0.6) is 11.5 Å². The summed E-state index contributed by atoms with van der Waals surface area (Å²) in [5.41, 5.74) is 3.63. The second-order valence-corrected chi connectivity index (χ2v) is 9.01. The van der Waals surface area contributed by atoms with E-state index in [2.05, 4.69) is 29.1 Å². The molecular formula is C24H24Cl3N3O2S. The van der Waals surface area contributed by atoms with Crippen molar-refractivity contribution in [1.29, 1.82) is 0 Å². The number of benzene rings is 2. The van der Waals surface area contributed by atoms with Crippen LogP contribution in [0.4, 0.5) is 17.1 Å². The third kappa shape index (κ3) is 5.25. The lowest BCUT2D eigenvalue weighted by Crippen LogP contribution is -2.05. The largest absolute Gasteiger partial charge is 0.493 e. The molecule has 0 saturated carbocycles. The van der Waals surface area contributed by atoms with E-state index in [-0.39, 0.29) is 32.6 Å². The van der Waals surface area contributed by atoms with Gasteiger partial charge in [-0.05, 0) is 26.0 Å². The van der Waals surface area contributed by atoms with Crippen molar-refractivity contribution < 1.29 is 9.47 Å². The zero-order chi connectivity index (χ0) is 24.1. The summed E-state index contributed by atoms with van der Waals surface area (Å²) in [5.74, 6) is 0.516. The van der Waals surface area contributed by atoms with Gasteiger partial charge in [0, 0.05) is 28.5 Å². The van der Waals surface area contributed by atoms with E-state index in [0.717, 1.165) is 21.8 Å². The number of nitrogens with one attached hydrogen (secondary N) is 2. The number of thiophene rings is 1. The lowest BCUT2D eigenvalue weighted by molar-refractivity contribution is 0.395. The maximum Gasteiger partial charge on any atom is 0.162 e. The summed E-state index contributed by atoms with van der Waals surface area (Å²) >= 11 is 21.0. The van der Waals surface area contributed by atoms with Gasteiger partial charge in [-0.1, -0.05) is 59.6 Å². The number of methoxy groups -OCH3 is 2. The van der Waals surface area contributed by atoms with Gasteiger partial charge in [-0.2, -0.15) is 0 Å². The fraction of sp³-hybridized carbons (Fsp3) is 0.208. The highest BCUT2D eigenvalue weighted by Crippen LogP contribution is 2.51. The minimum absolute atomic E-state index is 0.0283. The zero-order valence-corrected chi connectivity index (χ0v) is 21.7. The Morgan fingerprint density at radius 2 is 1.67 bits per heavy atom. The van der Waals surface area contributed by atoms with E-state index in [1.165, 1.54) is 14.2 Å². The highest BCUT2D eigenvalue weighted by molar-refractivity contribution is 7.11. The first-order chi connectivity index (χ1) is 15.8. The van der Waals surface area contributed by atoms with Crippen molar-refractivity contribution in [2.24, 2.45) is 4.99 Å². The summed E-state index contributed by atoms with van der Waals surface area (Å²) in [7, 11) is 2.94. The van der Waals surface area contributed by atoms with Crippen molar-refractivity contribution in [2.45, 2.75) is 19.9 Å². The number of hydrogen-bond donors (Lipinski definition) is 2. The fourth-order valence-electron chi connectivity index (χ4n) is 3.31. The summed E-state index contributed by atoms with van der Waals surface area (Å²) < 4.78 is 10.7. The molecular weight excluding hydrogens is 501 g/mol. The van der Waals surface area contributed by atoms with Gasteiger partial charge in [0.05, 0.1) is 36.5 Å². The standard InChI is InChI=1S/C24H24Cl3N3O2S/c1-6-28-20-16(12-33-24(20)14(3)29-15-10-8-7-9-11-15)13(2)30-21-17(25)22(31-4)19(27)23(32-5)18(21)26/h6-12,14,29-30H,2H2,1,3-5H3. The predicted octanol–water partition coefficient (Wildman–Crippen LogP) is 8.70. The molecule has 174 valence electrons. The summed E-state index contributed by atoms with van der Waals surface area (Å²) in [5, 5.41) is 9.37. The molecule has 0 radical (unpaired) electrons. The Bertz CT molecular complexity index is 1150. The number of anilines is 2. The van der Waals surface area contributed by atoms with E-state index < -0.39 is 0 Å². The van der Waals surface area contributed by atoms with Gasteiger partial charge < -0.3 is 20.1 Å². The molecule has 3 rings (SSSR count). The van der Waals surface area contributed by atoms with E-state index in [9.17, 15) is 0 Å². The van der Waals surface area contributed by atoms with Crippen LogP contribution < -0.4 is 20.1 Å². The highest BCUT2D eigenvalue weighted by Gasteiger charge is 2.25. The van der Waals surface area contributed by atoms with Crippen LogP contribution in [0.2, 0.25) is 15.1 Å². The zero-order valence-electron chi connectivity index (χ0n) is 18.6. The molecule has 0 aliphatic carbocycles. The van der Waals surface area contributed by atoms with Gasteiger partial charge in [0.1, 0.15) is 15.1 Å². The van der Waals surface area contributed by atoms with E-state index in [1.807, 2.05) is 42.6 Å². The van der Waals surface area contributed by atoms with Gasteiger partial charge in [-0.25, -0.2) is 0 Å². The lowest BCUT2D eigenvalue weighted by Gasteiger charge is -2.19. The van der Waals surface area contributed by atoms with E-state index >= 15 is 0 Å². The van der Waals surface area contributed by atoms with Crippen molar-refractivity contribution in [1.82, 2.24) is 0 Å². The molecule has 2 N–H and O–H groups in total. The van der Waals surface area contributed by atoms with Crippen LogP contribution in [0.25, 0.3) is 5.70 Å². The van der Waals surface area contributed by atoms with Crippen LogP contribution >= 0.6 is 46.1 Å². The SMILES string of the molecule is C=C(Nc1c(Cl)c(OC)c(Cl)c(OC)c1Cl)c1csc(C(C)Nc2ccccc2)c1N=CC. The highest BCUT2D eigenvalue weighted by atomic mass is 35.5. The van der Waals surface area contributed by atoms with Crippen molar-refractivity contribution in [3.8, 4) is 11.5 Å². The van der Waals surface area contributed by atoms with E-state index in [0.29, 0.717) is 11.4 Å². The molecule has 0 aliphatic rings. The molecule has 5 nitrogen and oxygen atoms in total. The Kier molecular flexibility index (Phi) is 8.54. The molecule has 2 aromatic carbocycles. The van der Waals surface area contributed by atoms with Gasteiger partial charge in [0.25, 0.3) is 0 Å². The molecule has 1 unspecified atom stereocenters. The second kappa shape index (κ2) is 11.2. The van der Waals surface area contributed by atoms with Crippen LogP contribution in [0.1, 0.15) is 30.3 Å². The van der Waals surface area contributed by atoms with Crippen LogP contribution in [-0.4, -0.2) is 20.4 Å². The Morgan fingerprint density at radius 3 is 2.21 bits per heavy atom. The van der Waals surface area contributed by atoms with Crippen LogP contribution in [0.15, 0.2) is 47.3 Å². The number of halogens is 3. The Hall–Kier alpha value is -2.38. The van der Waals surface area contributed by atoms with Crippen LogP contribution in [0, 0.1) is 0 Å². The molecule has 1 heterocycles. The maximum atomic E-state index is 6.54. The first-order valence-electron chi connectivity index (χ1n) is 10.00. The van der Waals surface area contributed by atoms with E-state index in [4.69, 9.17) is 44.3 Å². The Balaban J connectivity index is 1.97. The quantitative estimate of drug-likeness (QED) is 0.275. The molecule has 1 aromatic heterocycles. The molecule has 0 spiro atoms. The van der Waals surface area contributed by atoms with Gasteiger partial charge in [-0.15, -0.1) is 11.3 Å². The molecule has 33 heavy (non-hydrogen) atoms. The average molecular weight is 525 g/mol. The monoisotopic (exact) mass is 523 g/mol. The number of rotatable bonds is 9. The molecule has 0 amide bonds. The second-order valence-electron chi connectivity index (χ2n) is 6.97.